The summed E-state index contributed by atoms with van der Waals surface area (Å²) >= 11 is 0. The maximum Gasteiger partial charge on any atom is 0.224 e. The number of carbonyl (C=O) groups excluding carboxylic acids is 1. The van der Waals surface area contributed by atoms with Gasteiger partial charge in [0.15, 0.2) is 0 Å². The maximum absolute atomic E-state index is 12.5. The van der Waals surface area contributed by atoms with Crippen molar-refractivity contribution in [3.63, 3.8) is 0 Å². The van der Waals surface area contributed by atoms with E-state index in [1.807, 2.05) is 24.4 Å². The van der Waals surface area contributed by atoms with Crippen molar-refractivity contribution in [3.05, 3.63) is 77.0 Å². The predicted octanol–water partition coefficient (Wildman–Crippen LogP) is 5.06. The van der Waals surface area contributed by atoms with Gasteiger partial charge in [0.2, 0.25) is 5.91 Å². The van der Waals surface area contributed by atoms with E-state index in [2.05, 4.69) is 59.4 Å². The molecule has 1 amide bonds. The molecular formula is C25H29N3O. The number of aromatic nitrogens is 1. The molecule has 3 aromatic rings. The van der Waals surface area contributed by atoms with E-state index >= 15 is 0 Å². The summed E-state index contributed by atoms with van der Waals surface area (Å²) in [6.45, 7) is 7.32. The molecule has 4 heteroatoms. The van der Waals surface area contributed by atoms with Gasteiger partial charge < -0.3 is 10.3 Å². The summed E-state index contributed by atoms with van der Waals surface area (Å²) in [5.41, 5.74) is 7.34. The average molecular weight is 388 g/mol. The Morgan fingerprint density at radius 1 is 1.21 bits per heavy atom. The number of allylic oxidation sites excluding steroid dienone is 1. The van der Waals surface area contributed by atoms with E-state index in [-0.39, 0.29) is 5.91 Å². The highest BCUT2D eigenvalue weighted by atomic mass is 16.1. The molecule has 4 rings (SSSR count). The Hall–Kier alpha value is -2.85. The molecule has 0 saturated heterocycles. The molecule has 1 aliphatic rings. The van der Waals surface area contributed by atoms with Crippen molar-refractivity contribution in [2.45, 2.75) is 39.7 Å². The predicted molar refractivity (Wildman–Crippen MR) is 120 cm³/mol. The minimum atomic E-state index is 0.0626. The molecule has 1 aliphatic heterocycles. The summed E-state index contributed by atoms with van der Waals surface area (Å²) in [5, 5.41) is 4.29. The number of rotatable bonds is 6. The summed E-state index contributed by atoms with van der Waals surface area (Å²) in [6, 6.07) is 14.6. The zero-order chi connectivity index (χ0) is 20.2. The van der Waals surface area contributed by atoms with E-state index < -0.39 is 0 Å². The van der Waals surface area contributed by atoms with Gasteiger partial charge in [-0.15, -0.1) is 0 Å². The standard InChI is InChI=1S/C25H29N3O/c1-3-18(2)16-28-13-12-19-8-10-22(14-21(19)17-28)27-25(29)11-9-20-15-26-24-7-5-4-6-23(20)24/h3-8,10,14-15,26H,9,11-13,16-17H2,1-2H3,(H,27,29)/b18-3+. The first-order valence-corrected chi connectivity index (χ1v) is 10.4. The van der Waals surface area contributed by atoms with Gasteiger partial charge in [0.05, 0.1) is 0 Å². The zero-order valence-corrected chi connectivity index (χ0v) is 17.3. The number of para-hydroxylation sites is 1. The van der Waals surface area contributed by atoms with E-state index in [1.54, 1.807) is 0 Å². The van der Waals surface area contributed by atoms with E-state index in [0.717, 1.165) is 43.7 Å². The molecule has 0 unspecified atom stereocenters. The molecular weight excluding hydrogens is 358 g/mol. The fraction of sp³-hybridized carbons (Fsp3) is 0.320. The van der Waals surface area contributed by atoms with Gasteiger partial charge in [-0.1, -0.05) is 35.9 Å². The van der Waals surface area contributed by atoms with E-state index in [4.69, 9.17) is 0 Å². The molecule has 0 aliphatic carbocycles. The van der Waals surface area contributed by atoms with Crippen LogP contribution < -0.4 is 5.32 Å². The first kappa shape index (κ1) is 19.5. The van der Waals surface area contributed by atoms with Gasteiger partial charge in [-0.3, -0.25) is 9.69 Å². The number of hydrogen-bond donors (Lipinski definition) is 2. The number of carbonyl (C=O) groups is 1. The van der Waals surface area contributed by atoms with Crippen LogP contribution >= 0.6 is 0 Å². The van der Waals surface area contributed by atoms with Gasteiger partial charge in [-0.05, 0) is 61.6 Å². The van der Waals surface area contributed by atoms with Gasteiger partial charge in [0.1, 0.15) is 0 Å². The Kier molecular flexibility index (Phi) is 5.81. The van der Waals surface area contributed by atoms with Crippen molar-refractivity contribution in [2.75, 3.05) is 18.4 Å². The number of anilines is 1. The van der Waals surface area contributed by atoms with E-state index in [9.17, 15) is 4.79 Å². The van der Waals surface area contributed by atoms with Crippen LogP contribution in [0.2, 0.25) is 0 Å². The Morgan fingerprint density at radius 2 is 2.07 bits per heavy atom. The number of nitrogens with zero attached hydrogens (tertiary/aromatic N) is 1. The van der Waals surface area contributed by atoms with Crippen LogP contribution in [0.3, 0.4) is 0 Å². The second-order valence-electron chi connectivity index (χ2n) is 7.99. The molecule has 2 N–H and O–H groups in total. The van der Waals surface area contributed by atoms with E-state index in [0.29, 0.717) is 6.42 Å². The Bertz CT molecular complexity index is 1050. The third-order valence-corrected chi connectivity index (χ3v) is 5.84. The van der Waals surface area contributed by atoms with Gasteiger partial charge in [0, 0.05) is 48.8 Å². The summed E-state index contributed by atoms with van der Waals surface area (Å²) in [6.07, 6.45) is 6.47. The minimum Gasteiger partial charge on any atom is -0.361 e. The van der Waals surface area contributed by atoms with Crippen LogP contribution in [-0.4, -0.2) is 28.9 Å². The average Bonchev–Trinajstić information content (AvgIpc) is 3.15. The van der Waals surface area contributed by atoms with Crippen molar-refractivity contribution in [1.82, 2.24) is 9.88 Å². The van der Waals surface area contributed by atoms with Gasteiger partial charge in [0.25, 0.3) is 0 Å². The number of H-pyrrole nitrogens is 1. The highest BCUT2D eigenvalue weighted by molar-refractivity contribution is 5.91. The zero-order valence-electron chi connectivity index (χ0n) is 17.3. The number of aryl methyl sites for hydroxylation is 1. The topological polar surface area (TPSA) is 48.1 Å². The number of nitrogens with one attached hydrogen (secondary N) is 2. The second-order valence-corrected chi connectivity index (χ2v) is 7.99. The first-order chi connectivity index (χ1) is 14.1. The lowest BCUT2D eigenvalue weighted by atomic mass is 9.98. The molecule has 0 radical (unpaired) electrons. The van der Waals surface area contributed by atoms with Crippen LogP contribution in [0.15, 0.2) is 60.3 Å². The summed E-state index contributed by atoms with van der Waals surface area (Å²) < 4.78 is 0. The molecule has 4 nitrogen and oxygen atoms in total. The molecule has 0 saturated carbocycles. The number of amides is 1. The minimum absolute atomic E-state index is 0.0626. The lowest BCUT2D eigenvalue weighted by molar-refractivity contribution is -0.116. The van der Waals surface area contributed by atoms with Crippen molar-refractivity contribution >= 4 is 22.5 Å². The van der Waals surface area contributed by atoms with Gasteiger partial charge >= 0.3 is 0 Å². The molecule has 150 valence electrons. The summed E-state index contributed by atoms with van der Waals surface area (Å²) in [5.74, 6) is 0.0626. The largest absolute Gasteiger partial charge is 0.361 e. The number of fused-ring (bicyclic) bond motifs is 2. The van der Waals surface area contributed by atoms with Crippen LogP contribution in [0.4, 0.5) is 5.69 Å². The first-order valence-electron chi connectivity index (χ1n) is 10.4. The molecule has 0 spiro atoms. The molecule has 0 fully saturated rings. The molecule has 2 aromatic carbocycles. The fourth-order valence-corrected chi connectivity index (χ4v) is 4.08. The molecule has 0 bridgehead atoms. The quantitative estimate of drug-likeness (QED) is 0.581. The Balaban J connectivity index is 1.37. The van der Waals surface area contributed by atoms with Gasteiger partial charge in [-0.25, -0.2) is 0 Å². The highest BCUT2D eigenvalue weighted by Gasteiger charge is 2.17. The lowest BCUT2D eigenvalue weighted by Gasteiger charge is -2.29. The Morgan fingerprint density at radius 3 is 2.93 bits per heavy atom. The van der Waals surface area contributed by atoms with Gasteiger partial charge in [-0.2, -0.15) is 0 Å². The normalized spacial score (nSPS) is 14.8. The molecule has 2 heterocycles. The van der Waals surface area contributed by atoms with Crippen molar-refractivity contribution in [3.8, 4) is 0 Å². The molecule has 1 aromatic heterocycles. The number of benzene rings is 2. The van der Waals surface area contributed by atoms with Crippen LogP contribution in [0.5, 0.6) is 0 Å². The smallest absolute Gasteiger partial charge is 0.224 e. The monoisotopic (exact) mass is 387 g/mol. The van der Waals surface area contributed by atoms with Crippen LogP contribution in [0.25, 0.3) is 10.9 Å². The third-order valence-electron chi connectivity index (χ3n) is 5.84. The van der Waals surface area contributed by atoms with Crippen LogP contribution in [-0.2, 0) is 24.2 Å². The fourth-order valence-electron chi connectivity index (χ4n) is 4.08. The Labute approximate surface area is 172 Å². The maximum atomic E-state index is 12.5. The highest BCUT2D eigenvalue weighted by Crippen LogP contribution is 2.24. The summed E-state index contributed by atoms with van der Waals surface area (Å²) in [4.78, 5) is 18.3. The van der Waals surface area contributed by atoms with E-state index in [1.165, 1.54) is 27.6 Å². The molecule has 29 heavy (non-hydrogen) atoms. The second kappa shape index (κ2) is 8.66. The van der Waals surface area contributed by atoms with Crippen LogP contribution in [0, 0.1) is 0 Å². The third kappa shape index (κ3) is 4.60. The van der Waals surface area contributed by atoms with Crippen molar-refractivity contribution < 1.29 is 4.79 Å². The SMILES string of the molecule is C/C=C(\C)CN1CCc2ccc(NC(=O)CCc3c[nH]c4ccccc34)cc2C1. The lowest BCUT2D eigenvalue weighted by Crippen LogP contribution is -2.31. The van der Waals surface area contributed by atoms with Crippen molar-refractivity contribution in [2.24, 2.45) is 0 Å². The number of hydrogen-bond acceptors (Lipinski definition) is 2. The van der Waals surface area contributed by atoms with Crippen molar-refractivity contribution in [1.29, 1.82) is 0 Å². The number of aromatic amines is 1. The molecule has 0 atom stereocenters. The summed E-state index contributed by atoms with van der Waals surface area (Å²) in [7, 11) is 0. The van der Waals surface area contributed by atoms with Crippen LogP contribution in [0.1, 0.15) is 37.0 Å².